The Kier molecular flexibility index (Phi) is 5.11. The molecule has 106 valence electrons. The van der Waals surface area contributed by atoms with Gasteiger partial charge in [0.15, 0.2) is 0 Å². The molecule has 1 atom stereocenters. The molecule has 0 fully saturated rings. The molecule has 1 unspecified atom stereocenters. The fourth-order valence-electron chi connectivity index (χ4n) is 2.18. The Hall–Kier alpha value is -1.82. The topological polar surface area (TPSA) is 84.9 Å². The molecule has 0 aliphatic carbocycles. The molecule has 0 saturated heterocycles. The van der Waals surface area contributed by atoms with Crippen molar-refractivity contribution < 1.29 is 24.2 Å². The van der Waals surface area contributed by atoms with Gasteiger partial charge in [-0.25, -0.2) is 9.59 Å². The second kappa shape index (κ2) is 6.38. The average Bonchev–Trinajstić information content (AvgIpc) is 2.27. The van der Waals surface area contributed by atoms with E-state index in [9.17, 15) is 14.7 Å². The van der Waals surface area contributed by atoms with Crippen LogP contribution in [0, 0.1) is 5.92 Å². The minimum absolute atomic E-state index is 0.143. The summed E-state index contributed by atoms with van der Waals surface area (Å²) in [7, 11) is 1.51. The molecular formula is C13H19NO5. The highest BCUT2D eigenvalue weighted by molar-refractivity contribution is 5.96. The standard InChI is InChI=1S/C13H19NO5/c1-7-10(12(15)16)8(2)14-9(3)11(7)13(17)19-6-5-18-4/h7,14H,5-6H2,1-4H3,(H,15,16). The van der Waals surface area contributed by atoms with Gasteiger partial charge in [0.05, 0.1) is 17.8 Å². The third-order valence-electron chi connectivity index (χ3n) is 3.02. The smallest absolute Gasteiger partial charge is 0.336 e. The number of carbonyl (C=O) groups is 2. The van der Waals surface area contributed by atoms with E-state index in [1.807, 2.05) is 0 Å². The minimum atomic E-state index is -1.04. The van der Waals surface area contributed by atoms with Crippen LogP contribution in [0.2, 0.25) is 0 Å². The zero-order chi connectivity index (χ0) is 14.6. The predicted molar refractivity (Wildman–Crippen MR) is 68.2 cm³/mol. The van der Waals surface area contributed by atoms with Gasteiger partial charge in [0.25, 0.3) is 0 Å². The number of nitrogens with one attached hydrogen (secondary N) is 1. The first-order valence-electron chi connectivity index (χ1n) is 5.98. The molecule has 0 saturated carbocycles. The number of rotatable bonds is 5. The molecule has 0 aromatic carbocycles. The number of carbonyl (C=O) groups excluding carboxylic acids is 1. The van der Waals surface area contributed by atoms with Gasteiger partial charge in [0.2, 0.25) is 0 Å². The second-order valence-electron chi connectivity index (χ2n) is 4.36. The van der Waals surface area contributed by atoms with Gasteiger partial charge >= 0.3 is 11.9 Å². The number of aliphatic carboxylic acids is 1. The van der Waals surface area contributed by atoms with Crippen LogP contribution in [0.25, 0.3) is 0 Å². The van der Waals surface area contributed by atoms with E-state index in [0.29, 0.717) is 23.6 Å². The maximum absolute atomic E-state index is 12.0. The molecule has 6 heteroatoms. The van der Waals surface area contributed by atoms with Crippen LogP contribution >= 0.6 is 0 Å². The van der Waals surface area contributed by atoms with Crippen LogP contribution in [0.15, 0.2) is 22.5 Å². The van der Waals surface area contributed by atoms with Gasteiger partial charge in [-0.3, -0.25) is 0 Å². The molecule has 1 aliphatic rings. The quantitative estimate of drug-likeness (QED) is 0.573. The summed E-state index contributed by atoms with van der Waals surface area (Å²) in [5, 5.41) is 12.1. The largest absolute Gasteiger partial charge is 0.478 e. The van der Waals surface area contributed by atoms with Gasteiger partial charge in [-0.15, -0.1) is 0 Å². The highest BCUT2D eigenvalue weighted by atomic mass is 16.6. The van der Waals surface area contributed by atoms with Gasteiger partial charge in [-0.2, -0.15) is 0 Å². The molecule has 6 nitrogen and oxygen atoms in total. The summed E-state index contributed by atoms with van der Waals surface area (Å²) in [6.45, 7) is 5.54. The van der Waals surface area contributed by atoms with Crippen LogP contribution in [0.4, 0.5) is 0 Å². The Morgan fingerprint density at radius 2 is 1.79 bits per heavy atom. The van der Waals surface area contributed by atoms with Crippen molar-refractivity contribution in [1.29, 1.82) is 0 Å². The first kappa shape index (κ1) is 15.2. The molecular weight excluding hydrogens is 250 g/mol. The second-order valence-corrected chi connectivity index (χ2v) is 4.36. The van der Waals surface area contributed by atoms with E-state index in [2.05, 4.69) is 5.32 Å². The Morgan fingerprint density at radius 3 is 2.32 bits per heavy atom. The fourth-order valence-corrected chi connectivity index (χ4v) is 2.18. The maximum atomic E-state index is 12.0. The van der Waals surface area contributed by atoms with Crippen molar-refractivity contribution in [3.05, 3.63) is 22.5 Å². The number of dihydropyridines is 1. The summed E-state index contributed by atoms with van der Waals surface area (Å²) in [6.07, 6.45) is 0. The summed E-state index contributed by atoms with van der Waals surface area (Å²) in [4.78, 5) is 23.2. The molecule has 0 aromatic heterocycles. The predicted octanol–water partition coefficient (Wildman–Crippen LogP) is 1.05. The fraction of sp³-hybridized carbons (Fsp3) is 0.538. The van der Waals surface area contributed by atoms with Crippen LogP contribution in [-0.2, 0) is 19.1 Å². The van der Waals surface area contributed by atoms with Crippen LogP contribution in [0.5, 0.6) is 0 Å². The minimum Gasteiger partial charge on any atom is -0.478 e. The van der Waals surface area contributed by atoms with Gasteiger partial charge in [-0.05, 0) is 13.8 Å². The van der Waals surface area contributed by atoms with E-state index < -0.39 is 17.9 Å². The van der Waals surface area contributed by atoms with Crippen molar-refractivity contribution in [2.75, 3.05) is 20.3 Å². The van der Waals surface area contributed by atoms with Gasteiger partial charge < -0.3 is 19.9 Å². The molecule has 1 aliphatic heterocycles. The molecule has 19 heavy (non-hydrogen) atoms. The van der Waals surface area contributed by atoms with E-state index in [1.165, 1.54) is 7.11 Å². The van der Waals surface area contributed by atoms with Crippen LogP contribution in [0.1, 0.15) is 20.8 Å². The van der Waals surface area contributed by atoms with Crippen molar-refractivity contribution in [3.63, 3.8) is 0 Å². The lowest BCUT2D eigenvalue weighted by molar-refractivity contribution is -0.140. The zero-order valence-electron chi connectivity index (χ0n) is 11.6. The lowest BCUT2D eigenvalue weighted by Gasteiger charge is -2.26. The van der Waals surface area contributed by atoms with Crippen LogP contribution in [0.3, 0.4) is 0 Å². The number of allylic oxidation sites excluding steroid dienone is 2. The van der Waals surface area contributed by atoms with Crippen molar-refractivity contribution in [2.24, 2.45) is 5.92 Å². The highest BCUT2D eigenvalue weighted by Gasteiger charge is 2.32. The number of hydrogen-bond acceptors (Lipinski definition) is 5. The lowest BCUT2D eigenvalue weighted by Crippen LogP contribution is -2.31. The Bertz CT molecular complexity index is 450. The molecule has 0 bridgehead atoms. The summed E-state index contributed by atoms with van der Waals surface area (Å²) in [5.41, 5.74) is 1.70. The Morgan fingerprint density at radius 1 is 1.21 bits per heavy atom. The average molecular weight is 269 g/mol. The SMILES string of the molecule is COCCOC(=O)C1=C(C)NC(C)=C(C(=O)O)C1C. The third kappa shape index (κ3) is 3.35. The number of methoxy groups -OCH3 is 1. The molecule has 0 amide bonds. The number of esters is 1. The highest BCUT2D eigenvalue weighted by Crippen LogP contribution is 2.29. The molecule has 1 heterocycles. The summed E-state index contributed by atoms with van der Waals surface area (Å²) < 4.78 is 9.85. The van der Waals surface area contributed by atoms with E-state index in [0.717, 1.165) is 0 Å². The lowest BCUT2D eigenvalue weighted by atomic mass is 9.87. The Labute approximate surface area is 112 Å². The summed E-state index contributed by atoms with van der Waals surface area (Å²) >= 11 is 0. The summed E-state index contributed by atoms with van der Waals surface area (Å²) in [5.74, 6) is -2.05. The summed E-state index contributed by atoms with van der Waals surface area (Å²) in [6, 6.07) is 0. The monoisotopic (exact) mass is 269 g/mol. The van der Waals surface area contributed by atoms with Crippen LogP contribution < -0.4 is 5.32 Å². The van der Waals surface area contributed by atoms with E-state index >= 15 is 0 Å². The molecule has 0 spiro atoms. The van der Waals surface area contributed by atoms with Gasteiger partial charge in [0, 0.05) is 24.4 Å². The van der Waals surface area contributed by atoms with E-state index in [-0.39, 0.29) is 12.2 Å². The maximum Gasteiger partial charge on any atom is 0.336 e. The van der Waals surface area contributed by atoms with Crippen molar-refractivity contribution >= 4 is 11.9 Å². The van der Waals surface area contributed by atoms with Crippen LogP contribution in [-0.4, -0.2) is 37.4 Å². The van der Waals surface area contributed by atoms with Crippen molar-refractivity contribution in [2.45, 2.75) is 20.8 Å². The number of carboxylic acids is 1. The Balaban J connectivity index is 2.91. The molecule has 0 aromatic rings. The van der Waals surface area contributed by atoms with Gasteiger partial charge in [-0.1, -0.05) is 6.92 Å². The normalized spacial score (nSPS) is 19.3. The molecule has 2 N–H and O–H groups in total. The first-order chi connectivity index (χ1) is 8.90. The van der Waals surface area contributed by atoms with Gasteiger partial charge in [0.1, 0.15) is 6.61 Å². The molecule has 0 radical (unpaired) electrons. The number of hydrogen-bond donors (Lipinski definition) is 2. The van der Waals surface area contributed by atoms with Crippen molar-refractivity contribution in [1.82, 2.24) is 5.32 Å². The van der Waals surface area contributed by atoms with E-state index in [4.69, 9.17) is 9.47 Å². The number of carboxylic acid groups (broad SMARTS) is 1. The molecule has 1 rings (SSSR count). The van der Waals surface area contributed by atoms with E-state index in [1.54, 1.807) is 20.8 Å². The number of ether oxygens (including phenoxy) is 2. The van der Waals surface area contributed by atoms with Crippen molar-refractivity contribution in [3.8, 4) is 0 Å². The first-order valence-corrected chi connectivity index (χ1v) is 5.98. The zero-order valence-corrected chi connectivity index (χ0v) is 11.6. The third-order valence-corrected chi connectivity index (χ3v) is 3.02.